The van der Waals surface area contributed by atoms with Crippen LogP contribution in [0.15, 0.2) is 18.5 Å². The lowest BCUT2D eigenvalue weighted by Crippen LogP contribution is -2.43. The minimum Gasteiger partial charge on any atom is -0.478 e. The molecule has 1 heterocycles. The Morgan fingerprint density at radius 2 is 2.00 bits per heavy atom. The smallest absolute Gasteiger partial charge is 0.406 e. The van der Waals surface area contributed by atoms with Crippen LogP contribution < -0.4 is 5.32 Å². The first-order valence-electron chi connectivity index (χ1n) is 5.65. The van der Waals surface area contributed by atoms with Crippen molar-refractivity contribution in [3.8, 4) is 0 Å². The topological polar surface area (TPSA) is 103 Å². The number of aromatic carboxylic acids is 1. The Balaban J connectivity index is 2.81. The number of carbonyl (C=O) groups is 2. The van der Waals surface area contributed by atoms with Gasteiger partial charge in [-0.1, -0.05) is 0 Å². The molecular formula is C11H12F3N3O4. The van der Waals surface area contributed by atoms with E-state index >= 15 is 0 Å². The minimum absolute atomic E-state index is 0.0648. The maximum absolute atomic E-state index is 12.3. The number of urea groups is 1. The summed E-state index contributed by atoms with van der Waals surface area (Å²) in [6.45, 7) is -2.69. The van der Waals surface area contributed by atoms with Crippen molar-refractivity contribution in [1.82, 2.24) is 9.88 Å². The highest BCUT2D eigenvalue weighted by Crippen LogP contribution is 2.17. The number of carboxylic acid groups (broad SMARTS) is 1. The van der Waals surface area contributed by atoms with Crippen molar-refractivity contribution in [3.05, 3.63) is 24.0 Å². The van der Waals surface area contributed by atoms with Gasteiger partial charge in [-0.3, -0.25) is 4.98 Å². The van der Waals surface area contributed by atoms with Gasteiger partial charge in [0, 0.05) is 12.7 Å². The van der Waals surface area contributed by atoms with Crippen LogP contribution in [-0.2, 0) is 0 Å². The van der Waals surface area contributed by atoms with Gasteiger partial charge in [-0.25, -0.2) is 9.59 Å². The highest BCUT2D eigenvalue weighted by Gasteiger charge is 2.32. The normalized spacial score (nSPS) is 11.0. The van der Waals surface area contributed by atoms with E-state index in [1.807, 2.05) is 0 Å². The van der Waals surface area contributed by atoms with E-state index in [-0.39, 0.29) is 11.3 Å². The highest BCUT2D eigenvalue weighted by molar-refractivity contribution is 5.92. The van der Waals surface area contributed by atoms with Crippen LogP contribution in [0.25, 0.3) is 0 Å². The van der Waals surface area contributed by atoms with E-state index in [4.69, 9.17) is 10.2 Å². The van der Waals surface area contributed by atoms with Crippen molar-refractivity contribution < 1.29 is 33.0 Å². The molecular weight excluding hydrogens is 295 g/mol. The Hall–Kier alpha value is -2.36. The Labute approximate surface area is 117 Å². The van der Waals surface area contributed by atoms with Crippen LogP contribution in [-0.4, -0.2) is 58.0 Å². The number of amides is 2. The SMILES string of the molecule is O=C(O)c1cncc(NC(=O)N(CCO)CC(F)(F)F)c1. The molecule has 0 aliphatic carbocycles. The lowest BCUT2D eigenvalue weighted by Gasteiger charge is -2.23. The molecule has 0 aliphatic heterocycles. The van der Waals surface area contributed by atoms with Crippen LogP contribution in [0.5, 0.6) is 0 Å². The van der Waals surface area contributed by atoms with Crippen molar-refractivity contribution in [2.45, 2.75) is 6.18 Å². The summed E-state index contributed by atoms with van der Waals surface area (Å²) in [5.74, 6) is -1.29. The van der Waals surface area contributed by atoms with Gasteiger partial charge >= 0.3 is 18.2 Å². The van der Waals surface area contributed by atoms with E-state index in [9.17, 15) is 22.8 Å². The van der Waals surface area contributed by atoms with E-state index in [1.165, 1.54) is 0 Å². The van der Waals surface area contributed by atoms with Gasteiger partial charge in [-0.05, 0) is 6.07 Å². The largest absolute Gasteiger partial charge is 0.478 e. The van der Waals surface area contributed by atoms with Crippen molar-refractivity contribution in [1.29, 1.82) is 0 Å². The van der Waals surface area contributed by atoms with Crippen LogP contribution in [0.2, 0.25) is 0 Å². The molecule has 21 heavy (non-hydrogen) atoms. The van der Waals surface area contributed by atoms with Crippen molar-refractivity contribution in [2.75, 3.05) is 25.0 Å². The molecule has 7 nitrogen and oxygen atoms in total. The second-order valence-corrected chi connectivity index (χ2v) is 3.96. The fourth-order valence-corrected chi connectivity index (χ4v) is 1.42. The molecule has 116 valence electrons. The van der Waals surface area contributed by atoms with Gasteiger partial charge in [-0.2, -0.15) is 13.2 Å². The number of rotatable bonds is 5. The van der Waals surface area contributed by atoms with Crippen LogP contribution in [0, 0.1) is 0 Å². The van der Waals surface area contributed by atoms with Crippen LogP contribution in [0.3, 0.4) is 0 Å². The van der Waals surface area contributed by atoms with Gasteiger partial charge in [-0.15, -0.1) is 0 Å². The standard InChI is InChI=1S/C11H12F3N3O4/c12-11(13,14)6-17(1-2-18)10(21)16-8-3-7(9(19)20)4-15-5-8/h3-5,18H,1-2,6H2,(H,16,21)(H,19,20). The summed E-state index contributed by atoms with van der Waals surface area (Å²) < 4.78 is 36.9. The number of nitrogens with one attached hydrogen (secondary N) is 1. The Kier molecular flexibility index (Phi) is 5.47. The van der Waals surface area contributed by atoms with Crippen LogP contribution in [0.1, 0.15) is 10.4 Å². The lowest BCUT2D eigenvalue weighted by molar-refractivity contribution is -0.140. The zero-order valence-corrected chi connectivity index (χ0v) is 10.6. The van der Waals surface area contributed by atoms with E-state index in [2.05, 4.69) is 10.3 Å². The maximum Gasteiger partial charge on any atom is 0.406 e. The van der Waals surface area contributed by atoms with Gasteiger partial charge in [0.1, 0.15) is 6.54 Å². The number of pyridine rings is 1. The number of carboxylic acids is 1. The van der Waals surface area contributed by atoms with E-state index < -0.39 is 37.9 Å². The van der Waals surface area contributed by atoms with Gasteiger partial charge < -0.3 is 20.4 Å². The molecule has 0 unspecified atom stereocenters. The molecule has 0 atom stereocenters. The molecule has 0 aliphatic rings. The third-order valence-corrected chi connectivity index (χ3v) is 2.26. The zero-order chi connectivity index (χ0) is 16.0. The first kappa shape index (κ1) is 16.7. The molecule has 1 aromatic heterocycles. The number of aliphatic hydroxyl groups excluding tert-OH is 1. The third-order valence-electron chi connectivity index (χ3n) is 2.26. The average molecular weight is 307 g/mol. The number of aromatic nitrogens is 1. The molecule has 1 aromatic rings. The number of aliphatic hydroxyl groups is 1. The summed E-state index contributed by atoms with van der Waals surface area (Å²) in [5.41, 5.74) is -0.289. The molecule has 2 amide bonds. The molecule has 0 aromatic carbocycles. The van der Waals surface area contributed by atoms with Gasteiger partial charge in [0.15, 0.2) is 0 Å². The van der Waals surface area contributed by atoms with E-state index in [0.29, 0.717) is 4.90 Å². The van der Waals surface area contributed by atoms with Crippen LogP contribution >= 0.6 is 0 Å². The first-order chi connectivity index (χ1) is 9.73. The predicted octanol–water partition coefficient (Wildman–Crippen LogP) is 1.17. The highest BCUT2D eigenvalue weighted by atomic mass is 19.4. The zero-order valence-electron chi connectivity index (χ0n) is 10.6. The fourth-order valence-electron chi connectivity index (χ4n) is 1.42. The number of carbonyl (C=O) groups excluding carboxylic acids is 1. The molecule has 0 spiro atoms. The number of hydrogen-bond donors (Lipinski definition) is 3. The maximum atomic E-state index is 12.3. The van der Waals surface area contributed by atoms with E-state index in [0.717, 1.165) is 18.5 Å². The summed E-state index contributed by atoms with van der Waals surface area (Å²) >= 11 is 0. The van der Waals surface area contributed by atoms with Crippen molar-refractivity contribution >= 4 is 17.7 Å². The summed E-state index contributed by atoms with van der Waals surface area (Å²) in [6, 6.07) is -0.0662. The molecule has 0 bridgehead atoms. The molecule has 10 heteroatoms. The monoisotopic (exact) mass is 307 g/mol. The third kappa shape index (κ3) is 5.65. The Morgan fingerprint density at radius 3 is 2.52 bits per heavy atom. The second kappa shape index (κ2) is 6.88. The van der Waals surface area contributed by atoms with Gasteiger partial charge in [0.2, 0.25) is 0 Å². The molecule has 0 saturated carbocycles. The van der Waals surface area contributed by atoms with E-state index in [1.54, 1.807) is 0 Å². The number of halogens is 3. The Morgan fingerprint density at radius 1 is 1.33 bits per heavy atom. The summed E-state index contributed by atoms with van der Waals surface area (Å²) in [5, 5.41) is 19.5. The van der Waals surface area contributed by atoms with Crippen LogP contribution in [0.4, 0.5) is 23.7 Å². The molecule has 0 saturated heterocycles. The summed E-state index contributed by atoms with van der Waals surface area (Å²) in [7, 11) is 0. The molecule has 3 N–H and O–H groups in total. The summed E-state index contributed by atoms with van der Waals surface area (Å²) in [6.07, 6.45) is -2.50. The van der Waals surface area contributed by atoms with Crippen molar-refractivity contribution in [2.24, 2.45) is 0 Å². The molecule has 0 radical (unpaired) electrons. The number of nitrogens with zero attached hydrogens (tertiary/aromatic N) is 2. The van der Waals surface area contributed by atoms with Gasteiger partial charge in [0.25, 0.3) is 0 Å². The van der Waals surface area contributed by atoms with Gasteiger partial charge in [0.05, 0.1) is 24.1 Å². The molecule has 1 rings (SSSR count). The number of hydrogen-bond acceptors (Lipinski definition) is 4. The summed E-state index contributed by atoms with van der Waals surface area (Å²) in [4.78, 5) is 26.3. The molecule has 0 fully saturated rings. The Bertz CT molecular complexity index is 522. The fraction of sp³-hybridized carbons (Fsp3) is 0.364. The van der Waals surface area contributed by atoms with Crippen molar-refractivity contribution in [3.63, 3.8) is 0 Å². The minimum atomic E-state index is -4.62. The quantitative estimate of drug-likeness (QED) is 0.757. The number of anilines is 1. The lowest BCUT2D eigenvalue weighted by atomic mass is 10.2. The average Bonchev–Trinajstić information content (AvgIpc) is 2.37. The number of alkyl halides is 3. The predicted molar refractivity (Wildman–Crippen MR) is 64.9 cm³/mol. The second-order valence-electron chi connectivity index (χ2n) is 3.96. The first-order valence-corrected chi connectivity index (χ1v) is 5.65.